The molecular weight excluding hydrogens is 384 g/mol. The van der Waals surface area contributed by atoms with Crippen molar-refractivity contribution in [2.24, 2.45) is 5.73 Å². The minimum atomic E-state index is -0.217. The molecule has 29 heavy (non-hydrogen) atoms. The highest BCUT2D eigenvalue weighted by Gasteiger charge is 2.29. The predicted octanol–water partition coefficient (Wildman–Crippen LogP) is 4.09. The van der Waals surface area contributed by atoms with Crippen LogP contribution in [-0.4, -0.2) is 23.5 Å². The molecule has 0 bridgehead atoms. The van der Waals surface area contributed by atoms with Crippen molar-refractivity contribution in [1.82, 2.24) is 4.57 Å². The number of carbonyl (C=O) groups is 1. The first-order valence-electron chi connectivity index (χ1n) is 10.1. The summed E-state index contributed by atoms with van der Waals surface area (Å²) in [5.41, 5.74) is 9.32. The molecule has 2 aliphatic carbocycles. The van der Waals surface area contributed by atoms with E-state index in [2.05, 4.69) is 10.6 Å². The zero-order chi connectivity index (χ0) is 20.3. The number of pyridine rings is 1. The molecule has 2 aromatic heterocycles. The summed E-state index contributed by atoms with van der Waals surface area (Å²) in [6.45, 7) is 1.45. The lowest BCUT2D eigenvalue weighted by Crippen LogP contribution is -2.26. The molecule has 1 atom stereocenters. The molecule has 0 spiro atoms. The van der Waals surface area contributed by atoms with Crippen LogP contribution in [0.3, 0.4) is 0 Å². The molecule has 0 radical (unpaired) electrons. The Labute approximate surface area is 173 Å². The first-order valence-corrected chi connectivity index (χ1v) is 10.9. The molecule has 1 saturated carbocycles. The predicted molar refractivity (Wildman–Crippen MR) is 116 cm³/mol. The number of benzene rings is 1. The van der Waals surface area contributed by atoms with Crippen LogP contribution < -0.4 is 15.9 Å². The van der Waals surface area contributed by atoms with Crippen LogP contribution in [0.25, 0.3) is 21.3 Å². The van der Waals surface area contributed by atoms with Gasteiger partial charge < -0.3 is 15.0 Å². The Kier molecular flexibility index (Phi) is 4.37. The summed E-state index contributed by atoms with van der Waals surface area (Å²) in [6.07, 6.45) is 6.79. The molecule has 3 aromatic rings. The maximum absolute atomic E-state index is 13.0. The number of nitrogens with two attached hydrogens (primary N) is 1. The smallest absolute Gasteiger partial charge is 0.200 e. The molecule has 0 aliphatic heterocycles. The number of rotatable bonds is 4. The van der Waals surface area contributed by atoms with Gasteiger partial charge in [-0.2, -0.15) is 0 Å². The van der Waals surface area contributed by atoms with Gasteiger partial charge in [0.25, 0.3) is 0 Å². The van der Waals surface area contributed by atoms with Crippen LogP contribution in [0, 0.1) is 0 Å². The maximum atomic E-state index is 13.0. The molecule has 0 saturated heterocycles. The lowest BCUT2D eigenvalue weighted by molar-refractivity contribution is 0.101. The lowest BCUT2D eigenvalue weighted by Gasteiger charge is -2.17. The Hall–Kier alpha value is -2.44. The van der Waals surface area contributed by atoms with Gasteiger partial charge >= 0.3 is 0 Å². The number of fused-ring (bicyclic) bond motifs is 2. The Morgan fingerprint density at radius 1 is 1.28 bits per heavy atom. The zero-order valence-corrected chi connectivity index (χ0v) is 17.5. The molecule has 1 aromatic carbocycles. The van der Waals surface area contributed by atoms with Crippen molar-refractivity contribution in [3.05, 3.63) is 50.6 Å². The van der Waals surface area contributed by atoms with Gasteiger partial charge in [0.2, 0.25) is 0 Å². The van der Waals surface area contributed by atoms with Gasteiger partial charge in [-0.3, -0.25) is 9.59 Å². The second-order valence-electron chi connectivity index (χ2n) is 8.17. The van der Waals surface area contributed by atoms with Crippen molar-refractivity contribution in [2.75, 3.05) is 7.11 Å². The van der Waals surface area contributed by atoms with Crippen LogP contribution in [0.2, 0.25) is 0 Å². The second kappa shape index (κ2) is 6.82. The van der Waals surface area contributed by atoms with Crippen molar-refractivity contribution >= 4 is 28.0 Å². The SMILES string of the molecule is COc1c(-c2cc3c(s2)CCC(N)C3)ccc2c(=O)c(C(C)=O)cn(C3CC3)c12. The van der Waals surface area contributed by atoms with Crippen molar-refractivity contribution in [2.45, 2.75) is 51.1 Å². The summed E-state index contributed by atoms with van der Waals surface area (Å²) in [4.78, 5) is 27.6. The van der Waals surface area contributed by atoms with Gasteiger partial charge in [-0.25, -0.2) is 0 Å². The third-order valence-electron chi connectivity index (χ3n) is 6.06. The number of aromatic nitrogens is 1. The lowest BCUT2D eigenvalue weighted by atomic mass is 9.94. The molecular formula is C23H24N2O3S. The summed E-state index contributed by atoms with van der Waals surface area (Å²) in [5, 5.41) is 0.550. The monoisotopic (exact) mass is 408 g/mol. The topological polar surface area (TPSA) is 74.3 Å². The van der Waals surface area contributed by atoms with Crippen molar-refractivity contribution in [1.29, 1.82) is 0 Å². The molecule has 6 heteroatoms. The highest BCUT2D eigenvalue weighted by atomic mass is 32.1. The van der Waals surface area contributed by atoms with Gasteiger partial charge in [-0.05, 0) is 62.8 Å². The van der Waals surface area contributed by atoms with Gasteiger partial charge in [0.05, 0.1) is 23.6 Å². The quantitative estimate of drug-likeness (QED) is 0.660. The molecule has 1 unspecified atom stereocenters. The van der Waals surface area contributed by atoms with Crippen LogP contribution in [0.15, 0.2) is 29.2 Å². The van der Waals surface area contributed by atoms with Gasteiger partial charge in [0, 0.05) is 33.6 Å². The Morgan fingerprint density at radius 3 is 2.76 bits per heavy atom. The van der Waals surface area contributed by atoms with E-state index in [1.165, 1.54) is 17.4 Å². The van der Waals surface area contributed by atoms with Crippen molar-refractivity contribution in [3.63, 3.8) is 0 Å². The largest absolute Gasteiger partial charge is 0.494 e. The number of ether oxygens (including phenoxy) is 1. The number of hydrogen-bond acceptors (Lipinski definition) is 5. The number of ketones is 1. The van der Waals surface area contributed by atoms with Gasteiger partial charge in [-0.1, -0.05) is 0 Å². The van der Waals surface area contributed by atoms with E-state index in [4.69, 9.17) is 10.5 Å². The highest BCUT2D eigenvalue weighted by Crippen LogP contribution is 2.45. The molecule has 0 amide bonds. The molecule has 5 rings (SSSR count). The van der Waals surface area contributed by atoms with Crippen LogP contribution in [-0.2, 0) is 12.8 Å². The summed E-state index contributed by atoms with van der Waals surface area (Å²) in [6, 6.07) is 6.58. The Morgan fingerprint density at radius 2 is 2.07 bits per heavy atom. The maximum Gasteiger partial charge on any atom is 0.200 e. The van der Waals surface area contributed by atoms with Crippen LogP contribution in [0.1, 0.15) is 53.0 Å². The average Bonchev–Trinajstić information content (AvgIpc) is 3.46. The van der Waals surface area contributed by atoms with Gasteiger partial charge in [0.15, 0.2) is 17.0 Å². The number of hydrogen-bond donors (Lipinski definition) is 1. The van der Waals surface area contributed by atoms with Crippen LogP contribution >= 0.6 is 11.3 Å². The Balaban J connectivity index is 1.77. The fourth-order valence-electron chi connectivity index (χ4n) is 4.39. The number of Topliss-reactive ketones (excluding diaryl/α,β-unsaturated/α-hetero) is 1. The third-order valence-corrected chi connectivity index (χ3v) is 7.33. The molecule has 1 fully saturated rings. The van der Waals surface area contributed by atoms with Crippen LogP contribution in [0.5, 0.6) is 5.75 Å². The molecule has 2 N–H and O–H groups in total. The summed E-state index contributed by atoms with van der Waals surface area (Å²) in [5.74, 6) is 0.515. The number of thiophene rings is 1. The molecule has 2 aliphatic rings. The van der Waals surface area contributed by atoms with E-state index < -0.39 is 0 Å². The van der Waals surface area contributed by atoms with E-state index in [0.717, 1.165) is 48.1 Å². The highest BCUT2D eigenvalue weighted by molar-refractivity contribution is 7.15. The number of methoxy groups -OCH3 is 1. The standard InChI is InChI=1S/C23H24N2O3S/c1-12(26)18-11-25(15-4-5-15)21-17(22(18)27)7-6-16(23(21)28-2)20-10-13-9-14(24)3-8-19(13)29-20/h6-7,10-11,14-15H,3-5,8-9,24H2,1-2H3. The minimum absolute atomic E-state index is 0.198. The van der Waals surface area contributed by atoms with Gasteiger partial charge in [-0.15, -0.1) is 11.3 Å². The van der Waals surface area contributed by atoms with Crippen LogP contribution in [0.4, 0.5) is 0 Å². The second-order valence-corrected chi connectivity index (χ2v) is 9.31. The number of nitrogens with zero attached hydrogens (tertiary/aromatic N) is 1. The summed E-state index contributed by atoms with van der Waals surface area (Å²) < 4.78 is 7.96. The summed E-state index contributed by atoms with van der Waals surface area (Å²) >= 11 is 1.79. The van der Waals surface area contributed by atoms with Crippen molar-refractivity contribution in [3.8, 4) is 16.2 Å². The molecule has 5 nitrogen and oxygen atoms in total. The average molecular weight is 409 g/mol. The minimum Gasteiger partial charge on any atom is -0.494 e. The fourth-order valence-corrected chi connectivity index (χ4v) is 5.63. The third kappa shape index (κ3) is 3.02. The van der Waals surface area contributed by atoms with Gasteiger partial charge in [0.1, 0.15) is 0 Å². The van der Waals surface area contributed by atoms with Crippen molar-refractivity contribution < 1.29 is 9.53 Å². The summed E-state index contributed by atoms with van der Waals surface area (Å²) in [7, 11) is 1.66. The molecule has 2 heterocycles. The first-order chi connectivity index (χ1) is 14.0. The first kappa shape index (κ1) is 18.6. The Bertz CT molecular complexity index is 1200. The molecule has 150 valence electrons. The zero-order valence-electron chi connectivity index (χ0n) is 16.7. The van der Waals surface area contributed by atoms with E-state index in [1.54, 1.807) is 24.6 Å². The van der Waals surface area contributed by atoms with E-state index in [0.29, 0.717) is 17.2 Å². The van der Waals surface area contributed by atoms with E-state index in [1.807, 2.05) is 12.1 Å². The number of aryl methyl sites for hydroxylation is 1. The van der Waals surface area contributed by atoms with E-state index in [9.17, 15) is 9.59 Å². The number of carbonyl (C=O) groups excluding carboxylic acids is 1. The fraction of sp³-hybridized carbons (Fsp3) is 0.391. The van der Waals surface area contributed by atoms with E-state index >= 15 is 0 Å². The normalized spacial score (nSPS) is 18.7. The van der Waals surface area contributed by atoms with E-state index in [-0.39, 0.29) is 22.8 Å².